The van der Waals surface area contributed by atoms with Gasteiger partial charge in [0.25, 0.3) is 5.91 Å². The lowest BCUT2D eigenvalue weighted by atomic mass is 10.1. The van der Waals surface area contributed by atoms with Gasteiger partial charge in [-0.05, 0) is 50.5 Å². The molecule has 38 heavy (non-hydrogen) atoms. The number of oxazole rings is 1. The predicted octanol–water partition coefficient (Wildman–Crippen LogP) is 3.87. The van der Waals surface area contributed by atoms with Gasteiger partial charge < -0.3 is 29.8 Å². The molecule has 1 atom stereocenters. The zero-order valence-corrected chi connectivity index (χ0v) is 20.7. The Morgan fingerprint density at radius 3 is 2.66 bits per heavy atom. The second-order valence-electron chi connectivity index (χ2n) is 9.62. The molecule has 0 bridgehead atoms. The van der Waals surface area contributed by atoms with Crippen LogP contribution in [0.15, 0.2) is 28.7 Å². The maximum Gasteiger partial charge on any atom is 0.433 e. The van der Waals surface area contributed by atoms with Crippen molar-refractivity contribution in [1.82, 2.24) is 20.2 Å². The van der Waals surface area contributed by atoms with Gasteiger partial charge in [-0.15, -0.1) is 0 Å². The van der Waals surface area contributed by atoms with Crippen LogP contribution in [-0.2, 0) is 17.5 Å². The number of benzene rings is 1. The fourth-order valence-electron chi connectivity index (χ4n) is 4.38. The van der Waals surface area contributed by atoms with Gasteiger partial charge in [0.1, 0.15) is 22.6 Å². The Hall–Kier alpha value is -3.87. The molecule has 2 aliphatic rings. The Morgan fingerprint density at radius 2 is 2.00 bits per heavy atom. The minimum atomic E-state index is -4.64. The molecular formula is C25H26F3N5O5. The first-order chi connectivity index (χ1) is 18.0. The Labute approximate surface area is 215 Å². The number of methoxy groups -OCH3 is 1. The molecule has 1 saturated carbocycles. The first-order valence-corrected chi connectivity index (χ1v) is 12.1. The van der Waals surface area contributed by atoms with Crippen molar-refractivity contribution in [2.24, 2.45) is 5.73 Å². The van der Waals surface area contributed by atoms with Gasteiger partial charge in [0, 0.05) is 24.0 Å². The van der Waals surface area contributed by atoms with Crippen LogP contribution in [0.2, 0.25) is 0 Å². The van der Waals surface area contributed by atoms with Crippen molar-refractivity contribution >= 4 is 22.9 Å². The molecule has 0 spiro atoms. The molecule has 0 radical (unpaired) electrons. The molecule has 13 heteroatoms. The number of likely N-dealkylation sites (tertiary alicyclic amines) is 1. The topological polar surface area (TPSA) is 133 Å². The molecule has 2 amide bonds. The number of fused-ring (bicyclic) bond motifs is 1. The molecule has 202 valence electrons. The van der Waals surface area contributed by atoms with E-state index in [1.165, 1.54) is 24.1 Å². The summed E-state index contributed by atoms with van der Waals surface area (Å²) in [6.07, 6.45) is -2.95. The van der Waals surface area contributed by atoms with Crippen LogP contribution < -0.4 is 15.8 Å². The van der Waals surface area contributed by atoms with Gasteiger partial charge in [-0.2, -0.15) is 13.2 Å². The largest absolute Gasteiger partial charge is 0.494 e. The van der Waals surface area contributed by atoms with E-state index in [2.05, 4.69) is 15.3 Å². The summed E-state index contributed by atoms with van der Waals surface area (Å²) in [6.45, 7) is 2.37. The van der Waals surface area contributed by atoms with E-state index < -0.39 is 29.5 Å². The number of alkyl halides is 3. The number of pyridine rings is 1. The van der Waals surface area contributed by atoms with E-state index in [4.69, 9.17) is 19.6 Å². The third-order valence-electron chi connectivity index (χ3n) is 6.74. The molecule has 3 N–H and O–H groups in total. The lowest BCUT2D eigenvalue weighted by molar-refractivity contribution is -0.140. The molecule has 3 heterocycles. The third-order valence-corrected chi connectivity index (χ3v) is 6.74. The highest BCUT2D eigenvalue weighted by atomic mass is 19.4. The molecule has 3 aromatic rings. The molecule has 1 aliphatic heterocycles. The quantitative estimate of drug-likeness (QED) is 0.488. The van der Waals surface area contributed by atoms with Gasteiger partial charge in [0.15, 0.2) is 11.5 Å². The standard InChI is InChI=1S/C25H26F3N5O5/c1-24(8-9-24)38-23(35)30-13-7-10-33(12-13)22(34)20-17(11-29)37-21(32-20)15-3-5-16(36-2)19-14(15)4-6-18(31-19)25(26,27)28/h3-6,13H,7-12,29H2,1-2H3,(H,30,35)/t13-/m1/s1. The number of halogens is 3. The first-order valence-electron chi connectivity index (χ1n) is 12.1. The highest BCUT2D eigenvalue weighted by Gasteiger charge is 2.42. The fourth-order valence-corrected chi connectivity index (χ4v) is 4.38. The van der Waals surface area contributed by atoms with E-state index in [9.17, 15) is 22.8 Å². The summed E-state index contributed by atoms with van der Waals surface area (Å²) < 4.78 is 56.2. The smallest absolute Gasteiger partial charge is 0.433 e. The van der Waals surface area contributed by atoms with Crippen LogP contribution in [0.3, 0.4) is 0 Å². The minimum Gasteiger partial charge on any atom is -0.494 e. The van der Waals surface area contributed by atoms with Crippen LogP contribution >= 0.6 is 0 Å². The first kappa shape index (κ1) is 25.8. The zero-order valence-electron chi connectivity index (χ0n) is 20.7. The number of nitrogens with zero attached hydrogens (tertiary/aromatic N) is 3. The summed E-state index contributed by atoms with van der Waals surface area (Å²) >= 11 is 0. The number of rotatable bonds is 6. The Morgan fingerprint density at radius 1 is 1.24 bits per heavy atom. The maximum atomic E-state index is 13.3. The average molecular weight is 534 g/mol. The van der Waals surface area contributed by atoms with Crippen LogP contribution in [0.25, 0.3) is 22.4 Å². The van der Waals surface area contributed by atoms with Crippen LogP contribution in [0, 0.1) is 0 Å². The van der Waals surface area contributed by atoms with Gasteiger partial charge in [-0.1, -0.05) is 0 Å². The summed E-state index contributed by atoms with van der Waals surface area (Å²) in [5.41, 5.74) is 4.65. The van der Waals surface area contributed by atoms with Crippen LogP contribution in [-0.4, -0.2) is 58.7 Å². The van der Waals surface area contributed by atoms with Crippen molar-refractivity contribution < 1.29 is 36.7 Å². The molecule has 1 saturated heterocycles. The van der Waals surface area contributed by atoms with Gasteiger partial charge in [0.05, 0.1) is 19.7 Å². The molecule has 2 fully saturated rings. The predicted molar refractivity (Wildman–Crippen MR) is 128 cm³/mol. The average Bonchev–Trinajstić information content (AvgIpc) is 3.25. The Kier molecular flexibility index (Phi) is 6.41. The zero-order chi connectivity index (χ0) is 27.2. The monoisotopic (exact) mass is 533 g/mol. The Balaban J connectivity index is 1.40. The van der Waals surface area contributed by atoms with Crippen molar-refractivity contribution in [3.05, 3.63) is 41.4 Å². The third kappa shape index (κ3) is 4.97. The SMILES string of the molecule is COc1ccc(-c2nc(C(=O)N3CC[C@@H](NC(=O)OC4(C)CC4)C3)c(CN)o2)c2ccc(C(F)(F)F)nc12. The van der Waals surface area contributed by atoms with E-state index in [1.54, 1.807) is 6.07 Å². The summed E-state index contributed by atoms with van der Waals surface area (Å²) in [6, 6.07) is 4.86. The Bertz CT molecular complexity index is 1400. The van der Waals surface area contributed by atoms with Gasteiger partial charge in [0.2, 0.25) is 5.89 Å². The van der Waals surface area contributed by atoms with Crippen molar-refractivity contribution in [2.75, 3.05) is 20.2 Å². The fraction of sp³-hybridized carbons (Fsp3) is 0.440. The van der Waals surface area contributed by atoms with Crippen molar-refractivity contribution in [2.45, 2.75) is 50.6 Å². The molecule has 1 aliphatic carbocycles. The molecule has 5 rings (SSSR count). The number of nitrogens with one attached hydrogen (secondary N) is 1. The highest BCUT2D eigenvalue weighted by Crippen LogP contribution is 2.39. The minimum absolute atomic E-state index is 0.0000528. The second kappa shape index (κ2) is 9.46. The number of aromatic nitrogens is 2. The lowest BCUT2D eigenvalue weighted by Gasteiger charge is -2.17. The molecular weight excluding hydrogens is 507 g/mol. The number of nitrogens with two attached hydrogens (primary N) is 1. The van der Waals surface area contributed by atoms with Crippen molar-refractivity contribution in [1.29, 1.82) is 0 Å². The summed E-state index contributed by atoms with van der Waals surface area (Å²) in [4.78, 5) is 35.1. The van der Waals surface area contributed by atoms with Gasteiger partial charge in [-0.25, -0.2) is 14.8 Å². The van der Waals surface area contributed by atoms with E-state index >= 15 is 0 Å². The van der Waals surface area contributed by atoms with Crippen LogP contribution in [0.5, 0.6) is 5.75 Å². The number of hydrogen-bond acceptors (Lipinski definition) is 8. The van der Waals surface area contributed by atoms with Gasteiger partial charge >= 0.3 is 12.3 Å². The number of carbonyl (C=O) groups is 2. The number of carbonyl (C=O) groups excluding carboxylic acids is 2. The van der Waals surface area contributed by atoms with Crippen LogP contribution in [0.1, 0.15) is 48.1 Å². The maximum absolute atomic E-state index is 13.3. The van der Waals surface area contributed by atoms with E-state index in [-0.39, 0.29) is 47.7 Å². The molecule has 0 unspecified atom stereocenters. The molecule has 2 aromatic heterocycles. The van der Waals surface area contributed by atoms with Crippen molar-refractivity contribution in [3.8, 4) is 17.2 Å². The number of alkyl carbamates (subject to hydrolysis) is 1. The van der Waals surface area contributed by atoms with E-state index in [1.807, 2.05) is 6.92 Å². The molecule has 10 nitrogen and oxygen atoms in total. The summed E-state index contributed by atoms with van der Waals surface area (Å²) in [5, 5.41) is 3.10. The number of amides is 2. The normalized spacial score (nSPS) is 18.5. The lowest BCUT2D eigenvalue weighted by Crippen LogP contribution is -2.40. The van der Waals surface area contributed by atoms with Crippen molar-refractivity contribution in [3.63, 3.8) is 0 Å². The highest BCUT2D eigenvalue weighted by molar-refractivity contribution is 5.98. The van der Waals surface area contributed by atoms with Crippen LogP contribution in [0.4, 0.5) is 18.0 Å². The molecule has 1 aromatic carbocycles. The summed E-state index contributed by atoms with van der Waals surface area (Å²) in [5.74, 6) is -0.145. The van der Waals surface area contributed by atoms with E-state index in [0.717, 1.165) is 18.9 Å². The van der Waals surface area contributed by atoms with Gasteiger partial charge in [-0.3, -0.25) is 4.79 Å². The summed E-state index contributed by atoms with van der Waals surface area (Å²) in [7, 11) is 1.33. The number of hydrogen-bond donors (Lipinski definition) is 2. The number of ether oxygens (including phenoxy) is 2. The van der Waals surface area contributed by atoms with E-state index in [0.29, 0.717) is 23.9 Å². The second-order valence-corrected chi connectivity index (χ2v) is 9.62.